The molecule has 5 rings (SSSR count). The van der Waals surface area contributed by atoms with E-state index in [4.69, 9.17) is 4.42 Å². The lowest BCUT2D eigenvalue weighted by atomic mass is 10.0. The third-order valence-electron chi connectivity index (χ3n) is 5.99. The van der Waals surface area contributed by atoms with Crippen molar-refractivity contribution in [3.05, 3.63) is 24.3 Å². The van der Waals surface area contributed by atoms with Crippen molar-refractivity contribution in [2.24, 2.45) is 0 Å². The van der Waals surface area contributed by atoms with Crippen molar-refractivity contribution in [3.63, 3.8) is 0 Å². The maximum absolute atomic E-state index is 13.2. The van der Waals surface area contributed by atoms with E-state index >= 15 is 0 Å². The van der Waals surface area contributed by atoms with E-state index in [0.29, 0.717) is 31.9 Å². The van der Waals surface area contributed by atoms with Crippen molar-refractivity contribution >= 4 is 45.9 Å². The summed E-state index contributed by atoms with van der Waals surface area (Å²) in [7, 11) is 0. The molecule has 9 heteroatoms. The number of fused-ring (bicyclic) bond motifs is 1. The van der Waals surface area contributed by atoms with Crippen molar-refractivity contribution < 1.29 is 18.8 Å². The highest BCUT2D eigenvalue weighted by Gasteiger charge is 2.41. The average Bonchev–Trinajstić information content (AvgIpc) is 3.45. The Balaban J connectivity index is 1.27. The van der Waals surface area contributed by atoms with Crippen LogP contribution in [0.15, 0.2) is 28.7 Å². The third-order valence-corrected chi connectivity index (χ3v) is 6.83. The number of aromatic nitrogens is 1. The van der Waals surface area contributed by atoms with E-state index in [1.165, 1.54) is 4.90 Å². The van der Waals surface area contributed by atoms with Gasteiger partial charge in [-0.05, 0) is 37.8 Å². The first-order valence-corrected chi connectivity index (χ1v) is 11.0. The molecule has 1 atom stereocenters. The topological polar surface area (TPSA) is 87.0 Å². The summed E-state index contributed by atoms with van der Waals surface area (Å²) in [5.74, 6) is 0.207. The van der Waals surface area contributed by atoms with Gasteiger partial charge in [-0.1, -0.05) is 23.9 Å². The number of carbonyl (C=O) groups excluding carboxylic acids is 3. The highest BCUT2D eigenvalue weighted by Crippen LogP contribution is 2.31. The molecule has 152 valence electrons. The fraction of sp³-hybridized carbons (Fsp3) is 0.500. The van der Waals surface area contributed by atoms with Gasteiger partial charge < -0.3 is 14.2 Å². The third kappa shape index (κ3) is 3.27. The van der Waals surface area contributed by atoms with E-state index in [0.717, 1.165) is 42.2 Å². The van der Waals surface area contributed by atoms with Crippen LogP contribution in [0, 0.1) is 0 Å². The van der Waals surface area contributed by atoms with Crippen molar-refractivity contribution in [3.8, 4) is 0 Å². The molecule has 3 fully saturated rings. The number of nitrogens with zero attached hydrogens (tertiary/aromatic N) is 4. The number of para-hydroxylation sites is 2. The van der Waals surface area contributed by atoms with Crippen LogP contribution in [0.5, 0.6) is 0 Å². The first kappa shape index (κ1) is 18.5. The standard InChI is InChI=1S/C20H22N4O4S/c25-17-12-29-20(27)24(17)13-7-10-22(11-8-13)18(26)15-5-3-9-23(15)19-21-14-4-1-2-6-16(14)28-19/h1-2,4,6,13,15H,3,5,7-12H2. The van der Waals surface area contributed by atoms with Crippen molar-refractivity contribution in [1.82, 2.24) is 14.8 Å². The zero-order valence-electron chi connectivity index (χ0n) is 16.0. The Bertz CT molecular complexity index is 919. The smallest absolute Gasteiger partial charge is 0.299 e. The summed E-state index contributed by atoms with van der Waals surface area (Å²) in [6.45, 7) is 1.86. The van der Waals surface area contributed by atoms with Crippen LogP contribution in [0.4, 0.5) is 10.8 Å². The molecular weight excluding hydrogens is 392 g/mol. The number of thioether (sulfide) groups is 1. The van der Waals surface area contributed by atoms with Crippen LogP contribution in [0.2, 0.25) is 0 Å². The Hall–Kier alpha value is -2.55. The molecule has 0 spiro atoms. The zero-order chi connectivity index (χ0) is 20.0. The molecule has 0 bridgehead atoms. The average molecular weight is 414 g/mol. The van der Waals surface area contributed by atoms with Gasteiger partial charge in [0.05, 0.1) is 5.75 Å². The van der Waals surface area contributed by atoms with Crippen LogP contribution in [0.3, 0.4) is 0 Å². The maximum atomic E-state index is 13.2. The number of rotatable bonds is 3. The van der Waals surface area contributed by atoms with Gasteiger partial charge in [-0.25, -0.2) is 0 Å². The number of hydrogen-bond donors (Lipinski definition) is 0. The molecule has 2 aromatic rings. The highest BCUT2D eigenvalue weighted by atomic mass is 32.2. The molecule has 0 N–H and O–H groups in total. The minimum Gasteiger partial charge on any atom is -0.423 e. The molecule has 8 nitrogen and oxygen atoms in total. The molecule has 1 unspecified atom stereocenters. The van der Waals surface area contributed by atoms with Crippen LogP contribution < -0.4 is 4.90 Å². The molecule has 1 aromatic carbocycles. The molecule has 1 aromatic heterocycles. The number of anilines is 1. The van der Waals surface area contributed by atoms with Crippen LogP contribution >= 0.6 is 11.8 Å². The van der Waals surface area contributed by atoms with Gasteiger partial charge in [0, 0.05) is 25.7 Å². The van der Waals surface area contributed by atoms with E-state index in [-0.39, 0.29) is 34.9 Å². The number of oxazole rings is 1. The number of benzene rings is 1. The van der Waals surface area contributed by atoms with Crippen molar-refractivity contribution in [1.29, 1.82) is 0 Å². The molecule has 0 saturated carbocycles. The molecular formula is C20H22N4O4S. The second-order valence-corrected chi connectivity index (χ2v) is 8.62. The van der Waals surface area contributed by atoms with Crippen LogP contribution in [0.1, 0.15) is 25.7 Å². The Kier molecular flexibility index (Phi) is 4.69. The molecule has 4 heterocycles. The lowest BCUT2D eigenvalue weighted by molar-refractivity contribution is -0.134. The Morgan fingerprint density at radius 1 is 1.10 bits per heavy atom. The summed E-state index contributed by atoms with van der Waals surface area (Å²) < 4.78 is 5.89. The fourth-order valence-corrected chi connectivity index (χ4v) is 5.28. The number of hydrogen-bond acceptors (Lipinski definition) is 7. The number of piperidine rings is 1. The van der Waals surface area contributed by atoms with Gasteiger partial charge in [-0.3, -0.25) is 19.3 Å². The summed E-state index contributed by atoms with van der Waals surface area (Å²) in [4.78, 5) is 46.9. The molecule has 29 heavy (non-hydrogen) atoms. The monoisotopic (exact) mass is 414 g/mol. The van der Waals surface area contributed by atoms with Crippen LogP contribution in [-0.2, 0) is 9.59 Å². The van der Waals surface area contributed by atoms with Gasteiger partial charge in [0.15, 0.2) is 5.58 Å². The molecule has 3 saturated heterocycles. The minimum absolute atomic E-state index is 0.0802. The number of likely N-dealkylation sites (tertiary alicyclic amines) is 1. The van der Waals surface area contributed by atoms with Gasteiger partial charge >= 0.3 is 0 Å². The maximum Gasteiger partial charge on any atom is 0.299 e. The van der Waals surface area contributed by atoms with Crippen LogP contribution in [0.25, 0.3) is 11.1 Å². The summed E-state index contributed by atoms with van der Waals surface area (Å²) in [5.41, 5.74) is 1.51. The molecule has 0 aliphatic carbocycles. The van der Waals surface area contributed by atoms with Gasteiger partial charge in [0.1, 0.15) is 11.6 Å². The minimum atomic E-state index is -0.273. The number of carbonyl (C=O) groups is 3. The summed E-state index contributed by atoms with van der Waals surface area (Å²) in [6, 6.07) is 7.74. The van der Waals surface area contributed by atoms with E-state index in [2.05, 4.69) is 4.98 Å². The normalized spacial score (nSPS) is 23.6. The Morgan fingerprint density at radius 2 is 1.90 bits per heavy atom. The van der Waals surface area contributed by atoms with E-state index in [1.54, 1.807) is 0 Å². The van der Waals surface area contributed by atoms with Gasteiger partial charge in [-0.2, -0.15) is 4.98 Å². The Morgan fingerprint density at radius 3 is 2.62 bits per heavy atom. The fourth-order valence-electron chi connectivity index (χ4n) is 4.51. The molecule has 3 aliphatic heterocycles. The predicted molar refractivity (Wildman–Crippen MR) is 109 cm³/mol. The zero-order valence-corrected chi connectivity index (χ0v) is 16.8. The number of imide groups is 1. The second-order valence-electron chi connectivity index (χ2n) is 7.69. The molecule has 0 radical (unpaired) electrons. The second kappa shape index (κ2) is 7.37. The van der Waals surface area contributed by atoms with Gasteiger partial charge in [-0.15, -0.1) is 0 Å². The van der Waals surface area contributed by atoms with E-state index in [1.807, 2.05) is 34.1 Å². The van der Waals surface area contributed by atoms with E-state index in [9.17, 15) is 14.4 Å². The Labute approximate surface area is 172 Å². The lowest BCUT2D eigenvalue weighted by Crippen LogP contribution is -2.52. The summed E-state index contributed by atoms with van der Waals surface area (Å²) >= 11 is 1.07. The van der Waals surface area contributed by atoms with Crippen LogP contribution in [-0.4, -0.2) is 69.3 Å². The van der Waals surface area contributed by atoms with Crippen molar-refractivity contribution in [2.45, 2.75) is 37.8 Å². The predicted octanol–water partition coefficient (Wildman–Crippen LogP) is 2.48. The molecule has 3 amide bonds. The quantitative estimate of drug-likeness (QED) is 0.762. The molecule has 3 aliphatic rings. The highest BCUT2D eigenvalue weighted by molar-refractivity contribution is 8.14. The SMILES string of the molecule is O=C(C1CCCN1c1nc2ccccc2o1)N1CCC(N2C(=O)CSC2=O)CC1. The lowest BCUT2D eigenvalue weighted by Gasteiger charge is -2.37. The van der Waals surface area contributed by atoms with Gasteiger partial charge in [0.25, 0.3) is 11.3 Å². The van der Waals surface area contributed by atoms with Crippen molar-refractivity contribution in [2.75, 3.05) is 30.3 Å². The van der Waals surface area contributed by atoms with Gasteiger partial charge in [0.2, 0.25) is 11.8 Å². The first-order valence-electron chi connectivity index (χ1n) is 10.0. The largest absolute Gasteiger partial charge is 0.423 e. The first-order chi connectivity index (χ1) is 14.1. The number of amides is 3. The summed E-state index contributed by atoms with van der Waals surface area (Å²) in [6.07, 6.45) is 2.97. The summed E-state index contributed by atoms with van der Waals surface area (Å²) in [5, 5.41) is -0.155. The van der Waals surface area contributed by atoms with E-state index < -0.39 is 0 Å².